The van der Waals surface area contributed by atoms with Crippen molar-refractivity contribution < 1.29 is 15.3 Å². The van der Waals surface area contributed by atoms with Gasteiger partial charge in [0.05, 0.1) is 25.4 Å². The number of nitrogens with two attached hydrogens (primary N) is 1. The second kappa shape index (κ2) is 7.78. The summed E-state index contributed by atoms with van der Waals surface area (Å²) >= 11 is 0. The van der Waals surface area contributed by atoms with Crippen molar-refractivity contribution in [1.29, 1.82) is 0 Å². The topological polar surface area (TPSA) is 86.7 Å². The Labute approximate surface area is 93.5 Å². The first-order valence-electron chi connectivity index (χ1n) is 5.08. The number of aliphatic hydroxyl groups is 3. The molecule has 0 aromatic heterocycles. The standard InChI is InChI=1S/C6H10Si.C4H11NO3/c7-5-6-3-1-2-4-6;5-4(1-6,2-7)3-8/h1-3H,4-5H2,7H3;6-8H,1-3,5H2. The molecule has 1 aliphatic rings. The van der Waals surface area contributed by atoms with E-state index in [2.05, 4.69) is 18.2 Å². The van der Waals surface area contributed by atoms with Crippen LogP contribution in [0.3, 0.4) is 0 Å². The first kappa shape index (κ1) is 14.5. The van der Waals surface area contributed by atoms with Crippen LogP contribution in [0.15, 0.2) is 23.8 Å². The zero-order valence-corrected chi connectivity index (χ0v) is 11.2. The SMILES string of the molecule is NC(CO)(CO)CO.[SiH3]CC1=CC=CC1. The van der Waals surface area contributed by atoms with Crippen molar-refractivity contribution in [2.75, 3.05) is 19.8 Å². The molecule has 0 atom stereocenters. The molecule has 0 bridgehead atoms. The van der Waals surface area contributed by atoms with Crippen LogP contribution in [-0.2, 0) is 0 Å². The van der Waals surface area contributed by atoms with Crippen molar-refractivity contribution in [3.8, 4) is 0 Å². The van der Waals surface area contributed by atoms with Crippen molar-refractivity contribution in [2.24, 2.45) is 5.73 Å². The van der Waals surface area contributed by atoms with Gasteiger partial charge in [0.25, 0.3) is 0 Å². The number of aliphatic hydroxyl groups excluding tert-OH is 3. The van der Waals surface area contributed by atoms with Crippen LogP contribution in [0.1, 0.15) is 6.42 Å². The van der Waals surface area contributed by atoms with Gasteiger partial charge in [-0.25, -0.2) is 0 Å². The molecule has 0 spiro atoms. The molecule has 15 heavy (non-hydrogen) atoms. The maximum absolute atomic E-state index is 8.34. The number of hydrogen-bond donors (Lipinski definition) is 4. The van der Waals surface area contributed by atoms with Crippen LogP contribution >= 0.6 is 0 Å². The van der Waals surface area contributed by atoms with Crippen molar-refractivity contribution in [1.82, 2.24) is 0 Å². The van der Waals surface area contributed by atoms with Crippen LogP contribution in [0.5, 0.6) is 0 Å². The maximum Gasteiger partial charge on any atom is 0.0856 e. The Hall–Kier alpha value is -0.463. The fraction of sp³-hybridized carbons (Fsp3) is 0.600. The third-order valence-electron chi connectivity index (χ3n) is 2.25. The third-order valence-corrected chi connectivity index (χ3v) is 3.16. The molecule has 0 aliphatic heterocycles. The molecule has 1 aliphatic carbocycles. The lowest BCUT2D eigenvalue weighted by Gasteiger charge is -2.20. The van der Waals surface area contributed by atoms with Gasteiger partial charge in [-0.1, -0.05) is 23.8 Å². The summed E-state index contributed by atoms with van der Waals surface area (Å²) < 4.78 is 0. The summed E-state index contributed by atoms with van der Waals surface area (Å²) in [5.74, 6) is 0. The molecule has 0 aromatic rings. The van der Waals surface area contributed by atoms with Gasteiger partial charge in [-0.05, 0) is 12.5 Å². The van der Waals surface area contributed by atoms with Crippen LogP contribution in [0.2, 0.25) is 6.04 Å². The zero-order chi connectivity index (χ0) is 11.7. The second-order valence-electron chi connectivity index (χ2n) is 3.65. The first-order valence-corrected chi connectivity index (χ1v) is 6.49. The summed E-state index contributed by atoms with van der Waals surface area (Å²) in [6.45, 7) is -1.21. The summed E-state index contributed by atoms with van der Waals surface area (Å²) in [6.07, 6.45) is 7.82. The van der Waals surface area contributed by atoms with Crippen molar-refractivity contribution in [3.63, 3.8) is 0 Å². The van der Waals surface area contributed by atoms with E-state index in [9.17, 15) is 0 Å². The molecule has 0 saturated carbocycles. The van der Waals surface area contributed by atoms with Gasteiger partial charge in [0, 0.05) is 10.2 Å². The minimum Gasteiger partial charge on any atom is -0.394 e. The highest BCUT2D eigenvalue weighted by molar-refractivity contribution is 6.10. The Balaban J connectivity index is 0.000000262. The molecule has 0 amide bonds. The lowest BCUT2D eigenvalue weighted by molar-refractivity contribution is 0.0698. The monoisotopic (exact) mass is 231 g/mol. The van der Waals surface area contributed by atoms with E-state index in [1.165, 1.54) is 22.7 Å². The van der Waals surface area contributed by atoms with Gasteiger partial charge in [0.2, 0.25) is 0 Å². The van der Waals surface area contributed by atoms with E-state index in [-0.39, 0.29) is 0 Å². The Morgan fingerprint density at radius 3 is 1.93 bits per heavy atom. The highest BCUT2D eigenvalue weighted by atomic mass is 28.1. The summed E-state index contributed by atoms with van der Waals surface area (Å²) in [7, 11) is 1.32. The Morgan fingerprint density at radius 1 is 1.27 bits per heavy atom. The molecule has 88 valence electrons. The molecule has 1 rings (SSSR count). The molecular formula is C10H21NO3Si. The highest BCUT2D eigenvalue weighted by Crippen LogP contribution is 2.11. The predicted octanol–water partition coefficient (Wildman–Crippen LogP) is -1.68. The predicted molar refractivity (Wildman–Crippen MR) is 64.8 cm³/mol. The van der Waals surface area contributed by atoms with E-state index >= 15 is 0 Å². The van der Waals surface area contributed by atoms with E-state index < -0.39 is 25.4 Å². The molecule has 0 fully saturated rings. The van der Waals surface area contributed by atoms with Gasteiger partial charge < -0.3 is 21.1 Å². The number of rotatable bonds is 4. The molecular weight excluding hydrogens is 210 g/mol. The Kier molecular flexibility index (Phi) is 7.54. The maximum atomic E-state index is 8.34. The average Bonchev–Trinajstić information content (AvgIpc) is 2.81. The highest BCUT2D eigenvalue weighted by Gasteiger charge is 2.20. The molecule has 0 aromatic carbocycles. The largest absolute Gasteiger partial charge is 0.394 e. The van der Waals surface area contributed by atoms with E-state index in [0.29, 0.717) is 0 Å². The molecule has 0 radical (unpaired) electrons. The minimum absolute atomic E-state index is 0.403. The van der Waals surface area contributed by atoms with E-state index in [0.717, 1.165) is 0 Å². The summed E-state index contributed by atoms with van der Waals surface area (Å²) in [6, 6.07) is 1.35. The molecule has 0 saturated heterocycles. The van der Waals surface area contributed by atoms with Crippen molar-refractivity contribution in [3.05, 3.63) is 23.8 Å². The van der Waals surface area contributed by atoms with Crippen LogP contribution < -0.4 is 5.73 Å². The lowest BCUT2D eigenvalue weighted by Crippen LogP contribution is -2.50. The fourth-order valence-electron chi connectivity index (χ4n) is 0.904. The Morgan fingerprint density at radius 2 is 1.80 bits per heavy atom. The minimum atomic E-state index is -1.21. The lowest BCUT2D eigenvalue weighted by atomic mass is 10.1. The number of allylic oxidation sites excluding steroid dienone is 4. The van der Waals surface area contributed by atoms with Crippen LogP contribution in [0, 0.1) is 0 Å². The summed E-state index contributed by atoms with van der Waals surface area (Å²) in [4.78, 5) is 0. The van der Waals surface area contributed by atoms with Crippen LogP contribution in [-0.4, -0.2) is 50.9 Å². The van der Waals surface area contributed by atoms with Gasteiger partial charge in [0.15, 0.2) is 0 Å². The first-order chi connectivity index (χ1) is 7.11. The number of hydrogen-bond acceptors (Lipinski definition) is 4. The molecule has 5 heteroatoms. The summed E-state index contributed by atoms with van der Waals surface area (Å²) in [5, 5.41) is 25.0. The van der Waals surface area contributed by atoms with Crippen LogP contribution in [0.25, 0.3) is 0 Å². The van der Waals surface area contributed by atoms with Crippen molar-refractivity contribution in [2.45, 2.75) is 18.0 Å². The molecule has 0 heterocycles. The van der Waals surface area contributed by atoms with E-state index in [1.807, 2.05) is 0 Å². The summed E-state index contributed by atoms with van der Waals surface area (Å²) in [5.41, 5.74) is 5.55. The second-order valence-corrected chi connectivity index (χ2v) is 4.35. The quantitative estimate of drug-likeness (QED) is 0.435. The van der Waals surface area contributed by atoms with Gasteiger partial charge in [-0.3, -0.25) is 0 Å². The smallest absolute Gasteiger partial charge is 0.0856 e. The van der Waals surface area contributed by atoms with E-state index in [4.69, 9.17) is 21.1 Å². The van der Waals surface area contributed by atoms with Gasteiger partial charge in [0.1, 0.15) is 0 Å². The van der Waals surface area contributed by atoms with E-state index in [1.54, 1.807) is 5.57 Å². The normalized spacial score (nSPS) is 14.8. The van der Waals surface area contributed by atoms with Gasteiger partial charge >= 0.3 is 0 Å². The third kappa shape index (κ3) is 5.86. The fourth-order valence-corrected chi connectivity index (χ4v) is 1.43. The molecule has 5 N–H and O–H groups in total. The average molecular weight is 231 g/mol. The van der Waals surface area contributed by atoms with Crippen molar-refractivity contribution >= 4 is 10.2 Å². The molecule has 4 nitrogen and oxygen atoms in total. The van der Waals surface area contributed by atoms with Gasteiger partial charge in [-0.2, -0.15) is 0 Å². The van der Waals surface area contributed by atoms with Crippen LogP contribution in [0.4, 0.5) is 0 Å². The van der Waals surface area contributed by atoms with Gasteiger partial charge in [-0.15, -0.1) is 0 Å². The molecule has 0 unspecified atom stereocenters. The Bertz CT molecular complexity index is 216. The zero-order valence-electron chi connectivity index (χ0n) is 9.19.